The maximum atomic E-state index is 12.3. The van der Waals surface area contributed by atoms with E-state index in [4.69, 9.17) is 0 Å². The van der Waals surface area contributed by atoms with E-state index in [1.54, 1.807) is 0 Å². The minimum atomic E-state index is -2.11. The van der Waals surface area contributed by atoms with Crippen molar-refractivity contribution < 1.29 is 8.78 Å². The van der Waals surface area contributed by atoms with E-state index in [9.17, 15) is 8.78 Å². The van der Waals surface area contributed by atoms with Gasteiger partial charge in [-0.15, -0.1) is 0 Å². The summed E-state index contributed by atoms with van der Waals surface area (Å²) in [4.78, 5) is 0. The molecular formula is C12H21F2NS. The molecule has 0 saturated heterocycles. The summed E-state index contributed by atoms with van der Waals surface area (Å²) in [5, 5.41) is 4.33. The van der Waals surface area contributed by atoms with Crippen molar-refractivity contribution in [1.82, 2.24) is 5.32 Å². The molecule has 4 heteroatoms. The minimum absolute atomic E-state index is 0.336. The zero-order valence-electron chi connectivity index (χ0n) is 9.79. The number of halogens is 2. The predicted octanol–water partition coefficient (Wildman–Crippen LogP) is 3.29. The number of thioether (sulfide) groups is 1. The highest BCUT2D eigenvalue weighted by atomic mass is 32.2. The molecule has 0 aromatic rings. The van der Waals surface area contributed by atoms with Crippen LogP contribution in [0.15, 0.2) is 0 Å². The van der Waals surface area contributed by atoms with Crippen LogP contribution in [0.2, 0.25) is 0 Å². The monoisotopic (exact) mass is 249 g/mol. The highest BCUT2D eigenvalue weighted by Gasteiger charge is 2.36. The Morgan fingerprint density at radius 1 is 1.12 bits per heavy atom. The van der Waals surface area contributed by atoms with E-state index in [0.717, 1.165) is 5.25 Å². The van der Waals surface area contributed by atoms with Crippen molar-refractivity contribution in [3.8, 4) is 0 Å². The Bertz CT molecular complexity index is 219. The summed E-state index contributed by atoms with van der Waals surface area (Å²) in [7, 11) is 0. The van der Waals surface area contributed by atoms with Crippen LogP contribution in [0.4, 0.5) is 8.78 Å². The van der Waals surface area contributed by atoms with Gasteiger partial charge in [0.05, 0.1) is 0 Å². The second-order valence-corrected chi connectivity index (χ2v) is 6.29. The van der Waals surface area contributed by atoms with Crippen molar-refractivity contribution in [1.29, 1.82) is 0 Å². The number of hydrogen-bond donors (Lipinski definition) is 1. The molecule has 2 aliphatic carbocycles. The van der Waals surface area contributed by atoms with Gasteiger partial charge in [-0.2, -0.15) is 11.8 Å². The molecule has 16 heavy (non-hydrogen) atoms. The summed E-state index contributed by atoms with van der Waals surface area (Å²) in [5.74, 6) is -0.336. The van der Waals surface area contributed by atoms with Crippen molar-refractivity contribution in [3.05, 3.63) is 0 Å². The van der Waals surface area contributed by atoms with E-state index in [1.165, 1.54) is 25.7 Å². The second-order valence-electron chi connectivity index (χ2n) is 5.15. The van der Waals surface area contributed by atoms with E-state index in [0.29, 0.717) is 24.9 Å². The lowest BCUT2D eigenvalue weighted by atomic mass is 9.79. The Kier molecular flexibility index (Phi) is 4.48. The van der Waals surface area contributed by atoms with Gasteiger partial charge in [0.2, 0.25) is 6.43 Å². The number of nitrogens with one attached hydrogen (secondary N) is 1. The van der Waals surface area contributed by atoms with Gasteiger partial charge in [0.1, 0.15) is 0 Å². The fourth-order valence-corrected chi connectivity index (χ4v) is 3.67. The van der Waals surface area contributed by atoms with Crippen molar-refractivity contribution >= 4 is 11.8 Å². The Morgan fingerprint density at radius 2 is 1.88 bits per heavy atom. The lowest BCUT2D eigenvalue weighted by Gasteiger charge is -2.40. The first-order valence-corrected chi connectivity index (χ1v) is 7.54. The molecule has 94 valence electrons. The van der Waals surface area contributed by atoms with Gasteiger partial charge in [0.25, 0.3) is 0 Å². The highest BCUT2D eigenvalue weighted by molar-refractivity contribution is 7.99. The third kappa shape index (κ3) is 3.10. The lowest BCUT2D eigenvalue weighted by molar-refractivity contribution is 0.0123. The first kappa shape index (κ1) is 12.6. The molecular weight excluding hydrogens is 228 g/mol. The molecule has 0 unspecified atom stereocenters. The van der Waals surface area contributed by atoms with Gasteiger partial charge < -0.3 is 5.32 Å². The molecule has 0 heterocycles. The molecule has 0 aromatic carbocycles. The topological polar surface area (TPSA) is 12.0 Å². The molecule has 1 N–H and O–H groups in total. The summed E-state index contributed by atoms with van der Waals surface area (Å²) < 4.78 is 24.6. The molecule has 2 fully saturated rings. The van der Waals surface area contributed by atoms with Crippen LogP contribution in [-0.4, -0.2) is 30.0 Å². The first-order chi connectivity index (χ1) is 7.69. The summed E-state index contributed by atoms with van der Waals surface area (Å²) in [6.45, 7) is 0. The van der Waals surface area contributed by atoms with Crippen LogP contribution in [0, 0.1) is 5.92 Å². The quantitative estimate of drug-likeness (QED) is 0.820. The second kappa shape index (κ2) is 5.67. The van der Waals surface area contributed by atoms with Gasteiger partial charge in [-0.05, 0) is 38.4 Å². The molecule has 2 atom stereocenters. The molecule has 0 spiro atoms. The molecule has 0 aliphatic heterocycles. The van der Waals surface area contributed by atoms with Crippen molar-refractivity contribution in [2.45, 2.75) is 62.3 Å². The van der Waals surface area contributed by atoms with E-state index in [1.807, 2.05) is 11.8 Å². The van der Waals surface area contributed by atoms with Gasteiger partial charge in [0.15, 0.2) is 0 Å². The van der Waals surface area contributed by atoms with Crippen molar-refractivity contribution in [2.24, 2.45) is 5.92 Å². The van der Waals surface area contributed by atoms with Gasteiger partial charge in [0, 0.05) is 23.3 Å². The van der Waals surface area contributed by atoms with Gasteiger partial charge in [-0.25, -0.2) is 8.78 Å². The average Bonchev–Trinajstić information content (AvgIpc) is 2.22. The van der Waals surface area contributed by atoms with Crippen LogP contribution in [0.5, 0.6) is 0 Å². The zero-order valence-corrected chi connectivity index (χ0v) is 10.6. The molecule has 2 rings (SSSR count). The minimum Gasteiger partial charge on any atom is -0.311 e. The van der Waals surface area contributed by atoms with Crippen LogP contribution < -0.4 is 5.32 Å². The highest BCUT2D eigenvalue weighted by Crippen LogP contribution is 2.34. The maximum Gasteiger partial charge on any atom is 0.241 e. The Hall–Kier alpha value is 0.170. The third-order valence-corrected chi connectivity index (χ3v) is 5.06. The first-order valence-electron chi connectivity index (χ1n) is 6.26. The molecule has 2 aliphatic rings. The number of hydrogen-bond acceptors (Lipinski definition) is 2. The predicted molar refractivity (Wildman–Crippen MR) is 65.2 cm³/mol. The standard InChI is InChI=1S/C12H21F2NS/c1-16-11-4-2-3-9(7-11)15-10-5-8(6-10)12(13)14/h8-12,15H,2-7H2,1H3/t8?,9-,10?,11+/m0/s1. The summed E-state index contributed by atoms with van der Waals surface area (Å²) in [6, 6.07) is 0.944. The normalized spacial score (nSPS) is 39.8. The third-order valence-electron chi connectivity index (χ3n) is 3.96. The van der Waals surface area contributed by atoms with Gasteiger partial charge in [-0.1, -0.05) is 6.42 Å². The molecule has 0 bridgehead atoms. The fraction of sp³-hybridized carbons (Fsp3) is 1.00. The largest absolute Gasteiger partial charge is 0.311 e. The number of rotatable bonds is 4. The van der Waals surface area contributed by atoms with Crippen LogP contribution >= 0.6 is 11.8 Å². The molecule has 2 saturated carbocycles. The van der Waals surface area contributed by atoms with Gasteiger partial charge >= 0.3 is 0 Å². The van der Waals surface area contributed by atoms with E-state index in [-0.39, 0.29) is 5.92 Å². The molecule has 0 radical (unpaired) electrons. The smallest absolute Gasteiger partial charge is 0.241 e. The maximum absolute atomic E-state index is 12.3. The van der Waals surface area contributed by atoms with Crippen molar-refractivity contribution in [2.75, 3.05) is 6.26 Å². The Morgan fingerprint density at radius 3 is 2.50 bits per heavy atom. The van der Waals surface area contributed by atoms with Crippen molar-refractivity contribution in [3.63, 3.8) is 0 Å². The van der Waals surface area contributed by atoms with Crippen LogP contribution in [-0.2, 0) is 0 Å². The van der Waals surface area contributed by atoms with Crippen LogP contribution in [0.1, 0.15) is 38.5 Å². The molecule has 0 aromatic heterocycles. The molecule has 1 nitrogen and oxygen atoms in total. The summed E-state index contributed by atoms with van der Waals surface area (Å²) in [6.07, 6.45) is 6.48. The SMILES string of the molecule is CS[C@@H]1CCC[C@H](NC2CC(C(F)F)C2)C1. The van der Waals surface area contributed by atoms with Crippen LogP contribution in [0.3, 0.4) is 0 Å². The summed E-state index contributed by atoms with van der Waals surface area (Å²) in [5.41, 5.74) is 0. The van der Waals surface area contributed by atoms with Crippen LogP contribution in [0.25, 0.3) is 0 Å². The average molecular weight is 249 g/mol. The van der Waals surface area contributed by atoms with Gasteiger partial charge in [-0.3, -0.25) is 0 Å². The summed E-state index contributed by atoms with van der Waals surface area (Å²) >= 11 is 1.95. The van der Waals surface area contributed by atoms with E-state index < -0.39 is 6.43 Å². The van der Waals surface area contributed by atoms with E-state index in [2.05, 4.69) is 11.6 Å². The Labute approximate surface area is 101 Å². The Balaban J connectivity index is 1.67. The number of alkyl halides is 2. The van der Waals surface area contributed by atoms with E-state index >= 15 is 0 Å². The fourth-order valence-electron chi connectivity index (χ4n) is 2.85. The molecule has 0 amide bonds. The lowest BCUT2D eigenvalue weighted by Crippen LogP contribution is -2.49. The zero-order chi connectivity index (χ0) is 11.5.